The molecular formula is C46H36O. The van der Waals surface area contributed by atoms with E-state index in [4.69, 9.17) is 4.74 Å². The lowest BCUT2D eigenvalue weighted by atomic mass is 9.76. The number of fused-ring (bicyclic) bond motifs is 8. The molecule has 2 aliphatic carbocycles. The molecule has 2 atom stereocenters. The summed E-state index contributed by atoms with van der Waals surface area (Å²) in [5, 5.41) is 2.40. The van der Waals surface area contributed by atoms with Gasteiger partial charge in [0.2, 0.25) is 0 Å². The van der Waals surface area contributed by atoms with Gasteiger partial charge < -0.3 is 4.74 Å². The maximum Gasteiger partial charge on any atom is 0.178 e. The Morgan fingerprint density at radius 1 is 0.660 bits per heavy atom. The molecule has 0 bridgehead atoms. The largest absolute Gasteiger partial charge is 0.472 e. The third-order valence-electron chi connectivity index (χ3n) is 10.6. The summed E-state index contributed by atoms with van der Waals surface area (Å²) in [4.78, 5) is 0. The number of benzene rings is 6. The maximum atomic E-state index is 7.47. The Kier molecular flexibility index (Phi) is 6.27. The van der Waals surface area contributed by atoms with Crippen molar-refractivity contribution < 1.29 is 4.74 Å². The molecule has 1 aliphatic heterocycles. The van der Waals surface area contributed by atoms with Crippen LogP contribution in [0.5, 0.6) is 5.75 Å². The fourth-order valence-electron chi connectivity index (χ4n) is 8.25. The standard InChI is InChI=1S/C46H36O/c1-45(2)41-23-12-11-22-39(41)42-37-20-9-10-21-38(37)44-40(43(42)45)28-29-46(47-44,35-18-7-4-8-19-35)36-26-24-32(25-27-36)34-17-13-16-33(30-34)31-14-5-3-6-15-31/h3-14,16-31H,15H2,1-2H3. The zero-order valence-electron chi connectivity index (χ0n) is 26.8. The van der Waals surface area contributed by atoms with Gasteiger partial charge in [0.15, 0.2) is 5.60 Å². The third kappa shape index (κ3) is 4.23. The minimum Gasteiger partial charge on any atom is -0.472 e. The summed E-state index contributed by atoms with van der Waals surface area (Å²) in [7, 11) is 0. The first-order chi connectivity index (χ1) is 23.0. The normalized spacial score (nSPS) is 20.0. The number of rotatable bonds is 4. The zero-order valence-corrected chi connectivity index (χ0v) is 26.8. The van der Waals surface area contributed by atoms with Gasteiger partial charge in [0.25, 0.3) is 0 Å². The van der Waals surface area contributed by atoms with Gasteiger partial charge in [-0.25, -0.2) is 0 Å². The Balaban J connectivity index is 1.20. The van der Waals surface area contributed by atoms with Crippen LogP contribution in [-0.2, 0) is 11.0 Å². The Morgan fingerprint density at radius 3 is 2.21 bits per heavy atom. The van der Waals surface area contributed by atoms with Crippen LogP contribution < -0.4 is 4.74 Å². The fraction of sp³-hybridized carbons (Fsp3) is 0.130. The lowest BCUT2D eigenvalue weighted by Crippen LogP contribution is -2.35. The lowest BCUT2D eigenvalue weighted by Gasteiger charge is -2.38. The lowest BCUT2D eigenvalue weighted by molar-refractivity contribution is 0.163. The predicted octanol–water partition coefficient (Wildman–Crippen LogP) is 11.8. The van der Waals surface area contributed by atoms with Crippen molar-refractivity contribution in [2.45, 2.75) is 37.2 Å². The Labute approximate surface area is 277 Å². The van der Waals surface area contributed by atoms with Crippen LogP contribution in [0.2, 0.25) is 0 Å². The monoisotopic (exact) mass is 604 g/mol. The Morgan fingerprint density at radius 2 is 1.40 bits per heavy atom. The zero-order chi connectivity index (χ0) is 31.6. The van der Waals surface area contributed by atoms with E-state index in [1.807, 2.05) is 0 Å². The Hall–Kier alpha value is -5.40. The summed E-state index contributed by atoms with van der Waals surface area (Å²) in [6, 6.07) is 46.4. The average molecular weight is 605 g/mol. The molecular weight excluding hydrogens is 569 g/mol. The van der Waals surface area contributed by atoms with E-state index >= 15 is 0 Å². The van der Waals surface area contributed by atoms with Gasteiger partial charge in [-0.3, -0.25) is 0 Å². The molecule has 1 heteroatoms. The van der Waals surface area contributed by atoms with E-state index in [1.54, 1.807) is 0 Å². The van der Waals surface area contributed by atoms with Crippen molar-refractivity contribution in [2.24, 2.45) is 0 Å². The highest BCUT2D eigenvalue weighted by molar-refractivity contribution is 6.08. The van der Waals surface area contributed by atoms with Crippen LogP contribution in [0, 0.1) is 0 Å². The molecule has 226 valence electrons. The SMILES string of the molecule is CC1(C)c2ccccc2-c2c1c1c(c3ccccc23)OC(c2ccccc2)(c2ccc(-c3cccc(C4C=CC=CC4)c3)cc2)C=C1. The molecule has 1 nitrogen and oxygen atoms in total. The van der Waals surface area contributed by atoms with Crippen molar-refractivity contribution >= 4 is 16.8 Å². The first-order valence-electron chi connectivity index (χ1n) is 16.7. The molecule has 0 spiro atoms. The van der Waals surface area contributed by atoms with Gasteiger partial charge in [0.05, 0.1) is 0 Å². The van der Waals surface area contributed by atoms with Gasteiger partial charge in [0.1, 0.15) is 5.75 Å². The molecule has 9 rings (SSSR count). The van der Waals surface area contributed by atoms with Crippen molar-refractivity contribution in [3.8, 4) is 28.0 Å². The number of allylic oxidation sites excluding steroid dienone is 4. The van der Waals surface area contributed by atoms with Crippen LogP contribution in [0.1, 0.15) is 59.6 Å². The van der Waals surface area contributed by atoms with Crippen LogP contribution in [-0.4, -0.2) is 0 Å². The van der Waals surface area contributed by atoms with Gasteiger partial charge >= 0.3 is 0 Å². The highest BCUT2D eigenvalue weighted by atomic mass is 16.5. The first kappa shape index (κ1) is 27.9. The third-order valence-corrected chi connectivity index (χ3v) is 10.6. The van der Waals surface area contributed by atoms with E-state index in [0.29, 0.717) is 5.92 Å². The highest BCUT2D eigenvalue weighted by Crippen LogP contribution is 2.58. The molecule has 1 heterocycles. The van der Waals surface area contributed by atoms with E-state index in [9.17, 15) is 0 Å². The summed E-state index contributed by atoms with van der Waals surface area (Å²) in [5.41, 5.74) is 11.7. The summed E-state index contributed by atoms with van der Waals surface area (Å²) in [6.45, 7) is 4.71. The molecule has 47 heavy (non-hydrogen) atoms. The molecule has 2 unspecified atom stereocenters. The van der Waals surface area contributed by atoms with Crippen molar-refractivity contribution in [2.75, 3.05) is 0 Å². The highest BCUT2D eigenvalue weighted by Gasteiger charge is 2.44. The molecule has 0 saturated carbocycles. The average Bonchev–Trinajstić information content (AvgIpc) is 3.39. The van der Waals surface area contributed by atoms with Crippen molar-refractivity contribution in [1.82, 2.24) is 0 Å². The van der Waals surface area contributed by atoms with Crippen LogP contribution in [0.15, 0.2) is 158 Å². The Bertz CT molecular complexity index is 2270. The van der Waals surface area contributed by atoms with Crippen LogP contribution >= 0.6 is 0 Å². The quantitative estimate of drug-likeness (QED) is 0.194. The smallest absolute Gasteiger partial charge is 0.178 e. The summed E-state index contributed by atoms with van der Waals surface area (Å²) < 4.78 is 7.47. The topological polar surface area (TPSA) is 9.23 Å². The molecule has 0 radical (unpaired) electrons. The molecule has 0 amide bonds. The van der Waals surface area contributed by atoms with Crippen LogP contribution in [0.25, 0.3) is 39.1 Å². The van der Waals surface area contributed by atoms with Gasteiger partial charge in [-0.15, -0.1) is 0 Å². The van der Waals surface area contributed by atoms with Gasteiger partial charge in [-0.1, -0.05) is 172 Å². The second-order valence-corrected chi connectivity index (χ2v) is 13.6. The maximum absolute atomic E-state index is 7.47. The molecule has 3 aliphatic rings. The summed E-state index contributed by atoms with van der Waals surface area (Å²) in [6.07, 6.45) is 14.5. The summed E-state index contributed by atoms with van der Waals surface area (Å²) in [5.74, 6) is 1.38. The number of hydrogen-bond acceptors (Lipinski definition) is 1. The fourth-order valence-corrected chi connectivity index (χ4v) is 8.25. The van der Waals surface area contributed by atoms with Crippen LogP contribution in [0.3, 0.4) is 0 Å². The number of ether oxygens (including phenoxy) is 1. The molecule has 0 fully saturated rings. The minimum absolute atomic E-state index is 0.152. The molecule has 0 saturated heterocycles. The minimum atomic E-state index is -0.777. The van der Waals surface area contributed by atoms with Crippen LogP contribution in [0.4, 0.5) is 0 Å². The molecule has 6 aromatic carbocycles. The summed E-state index contributed by atoms with van der Waals surface area (Å²) >= 11 is 0. The molecule has 0 aromatic heterocycles. The second kappa shape index (κ2) is 10.6. The molecule has 0 N–H and O–H groups in total. The van der Waals surface area contributed by atoms with E-state index in [2.05, 4.69) is 178 Å². The van der Waals surface area contributed by atoms with Gasteiger partial charge in [-0.05, 0) is 56.8 Å². The predicted molar refractivity (Wildman–Crippen MR) is 196 cm³/mol. The van der Waals surface area contributed by atoms with E-state index < -0.39 is 5.60 Å². The van der Waals surface area contributed by atoms with Crippen molar-refractivity contribution in [1.29, 1.82) is 0 Å². The van der Waals surface area contributed by atoms with Gasteiger partial charge in [0, 0.05) is 33.4 Å². The molecule has 6 aromatic rings. The second-order valence-electron chi connectivity index (χ2n) is 13.6. The van der Waals surface area contributed by atoms with Crippen molar-refractivity contribution in [3.63, 3.8) is 0 Å². The van der Waals surface area contributed by atoms with Gasteiger partial charge in [-0.2, -0.15) is 0 Å². The van der Waals surface area contributed by atoms with E-state index in [1.165, 1.54) is 49.9 Å². The number of hydrogen-bond donors (Lipinski definition) is 0. The van der Waals surface area contributed by atoms with E-state index in [0.717, 1.165) is 28.7 Å². The first-order valence-corrected chi connectivity index (χ1v) is 16.7. The van der Waals surface area contributed by atoms with E-state index in [-0.39, 0.29) is 5.41 Å². The van der Waals surface area contributed by atoms with Crippen molar-refractivity contribution in [3.05, 3.63) is 191 Å².